The number of carboxylic acid groups (broad SMARTS) is 1. The molecule has 2 aliphatic heterocycles. The minimum Gasteiger partial charge on any atom is -0.497 e. The molecule has 1 N–H and O–H groups in total. The Hall–Kier alpha value is -2.28. The first-order chi connectivity index (χ1) is 11.0. The van der Waals surface area contributed by atoms with Gasteiger partial charge in [0.1, 0.15) is 5.75 Å². The molecule has 1 aromatic carbocycles. The average Bonchev–Trinajstić information content (AvgIpc) is 3.10. The zero-order chi connectivity index (χ0) is 16.6. The number of carbonyl (C=O) groups excluding carboxylic acids is 2. The first kappa shape index (κ1) is 15.6. The van der Waals surface area contributed by atoms with Crippen LogP contribution >= 0.6 is 11.8 Å². The summed E-state index contributed by atoms with van der Waals surface area (Å²) in [5.74, 6) is -1.22. The Labute approximate surface area is 137 Å². The number of fused-ring (bicyclic) bond motifs is 1. The Morgan fingerprint density at radius 1 is 1.35 bits per heavy atom. The first-order valence-electron chi connectivity index (χ1n) is 7.12. The van der Waals surface area contributed by atoms with Gasteiger partial charge in [0.2, 0.25) is 5.91 Å². The van der Waals surface area contributed by atoms with Crippen LogP contribution in [0.1, 0.15) is 16.8 Å². The van der Waals surface area contributed by atoms with Crippen LogP contribution in [-0.4, -0.2) is 47.1 Å². The maximum Gasteiger partial charge on any atom is 0.304 e. The van der Waals surface area contributed by atoms with E-state index in [1.807, 2.05) is 0 Å². The number of Topliss-reactive ketones (excluding diaryl/α,β-unsaturated/α-hetero) is 1. The standard InChI is InChI=1S/C16H15NO5S/c1-22-10-4-2-9(3-5-10)14(20)13-11(8-12(18)19)15(21)17-6-7-23-16(13)17/h2-5,11H,6-8H2,1H3,(H,18,19)/t11-/m1/s1. The summed E-state index contributed by atoms with van der Waals surface area (Å²) in [6, 6.07) is 6.58. The lowest BCUT2D eigenvalue weighted by atomic mass is 9.91. The Kier molecular flexibility index (Phi) is 4.12. The van der Waals surface area contributed by atoms with Crippen LogP contribution in [0.5, 0.6) is 5.75 Å². The van der Waals surface area contributed by atoms with Crippen LogP contribution in [0.4, 0.5) is 0 Å². The molecule has 0 saturated carbocycles. The van der Waals surface area contributed by atoms with Gasteiger partial charge in [-0.05, 0) is 24.3 Å². The highest BCUT2D eigenvalue weighted by Gasteiger charge is 2.45. The Morgan fingerprint density at radius 2 is 2.04 bits per heavy atom. The zero-order valence-electron chi connectivity index (χ0n) is 12.4. The highest BCUT2D eigenvalue weighted by molar-refractivity contribution is 8.03. The number of ether oxygens (including phenoxy) is 1. The van der Waals surface area contributed by atoms with Crippen molar-refractivity contribution in [3.63, 3.8) is 0 Å². The summed E-state index contributed by atoms with van der Waals surface area (Å²) < 4.78 is 5.07. The van der Waals surface area contributed by atoms with Crippen LogP contribution in [0.25, 0.3) is 0 Å². The molecule has 0 unspecified atom stereocenters. The van der Waals surface area contributed by atoms with Crippen molar-refractivity contribution in [2.24, 2.45) is 5.92 Å². The van der Waals surface area contributed by atoms with E-state index in [4.69, 9.17) is 9.84 Å². The molecule has 2 heterocycles. The Bertz CT molecular complexity index is 710. The van der Waals surface area contributed by atoms with Crippen LogP contribution in [0, 0.1) is 5.92 Å². The molecule has 0 aliphatic carbocycles. The third kappa shape index (κ3) is 2.72. The number of benzene rings is 1. The molecule has 1 amide bonds. The van der Waals surface area contributed by atoms with Gasteiger partial charge in [-0.2, -0.15) is 0 Å². The largest absolute Gasteiger partial charge is 0.497 e. The number of amides is 1. The molecular formula is C16H15NO5S. The lowest BCUT2D eigenvalue weighted by Crippen LogP contribution is -2.29. The van der Waals surface area contributed by atoms with E-state index in [0.29, 0.717) is 28.5 Å². The maximum absolute atomic E-state index is 12.8. The van der Waals surface area contributed by atoms with Gasteiger partial charge in [-0.3, -0.25) is 14.4 Å². The van der Waals surface area contributed by atoms with E-state index in [1.165, 1.54) is 23.8 Å². The van der Waals surface area contributed by atoms with E-state index in [-0.39, 0.29) is 18.1 Å². The average molecular weight is 333 g/mol. The van der Waals surface area contributed by atoms with E-state index in [2.05, 4.69) is 0 Å². The molecule has 1 atom stereocenters. The van der Waals surface area contributed by atoms with Gasteiger partial charge in [0.05, 0.1) is 24.5 Å². The highest BCUT2D eigenvalue weighted by Crippen LogP contribution is 2.43. The second-order valence-corrected chi connectivity index (χ2v) is 6.35. The smallest absolute Gasteiger partial charge is 0.304 e. The molecule has 3 rings (SSSR count). The quantitative estimate of drug-likeness (QED) is 0.827. The Morgan fingerprint density at radius 3 is 2.65 bits per heavy atom. The van der Waals surface area contributed by atoms with E-state index in [1.54, 1.807) is 24.3 Å². The summed E-state index contributed by atoms with van der Waals surface area (Å²) in [5, 5.41) is 9.68. The van der Waals surface area contributed by atoms with Crippen molar-refractivity contribution in [2.75, 3.05) is 19.4 Å². The molecular weight excluding hydrogens is 318 g/mol. The topological polar surface area (TPSA) is 83.9 Å². The van der Waals surface area contributed by atoms with Crippen LogP contribution in [0.2, 0.25) is 0 Å². The van der Waals surface area contributed by atoms with Gasteiger partial charge in [0.25, 0.3) is 0 Å². The monoisotopic (exact) mass is 333 g/mol. The van der Waals surface area contributed by atoms with Gasteiger partial charge in [0.15, 0.2) is 5.78 Å². The summed E-state index contributed by atoms with van der Waals surface area (Å²) in [4.78, 5) is 37.9. The van der Waals surface area contributed by atoms with Crippen molar-refractivity contribution >= 4 is 29.4 Å². The molecule has 1 aromatic rings. The summed E-state index contributed by atoms with van der Waals surface area (Å²) in [5.41, 5.74) is 0.732. The van der Waals surface area contributed by atoms with E-state index in [0.717, 1.165) is 5.75 Å². The number of methoxy groups -OCH3 is 1. The molecule has 0 aromatic heterocycles. The van der Waals surface area contributed by atoms with Gasteiger partial charge in [-0.1, -0.05) is 0 Å². The third-order valence-electron chi connectivity index (χ3n) is 3.92. The van der Waals surface area contributed by atoms with Gasteiger partial charge < -0.3 is 14.7 Å². The number of carboxylic acids is 1. The number of nitrogens with zero attached hydrogens (tertiary/aromatic N) is 1. The molecule has 1 saturated heterocycles. The number of ketones is 1. The predicted molar refractivity (Wildman–Crippen MR) is 84.3 cm³/mol. The maximum atomic E-state index is 12.8. The van der Waals surface area contributed by atoms with Gasteiger partial charge in [-0.25, -0.2) is 0 Å². The molecule has 6 nitrogen and oxygen atoms in total. The molecule has 0 spiro atoms. The summed E-state index contributed by atoms with van der Waals surface area (Å²) in [6.45, 7) is 0.522. The van der Waals surface area contributed by atoms with E-state index in [9.17, 15) is 14.4 Å². The lowest BCUT2D eigenvalue weighted by molar-refractivity contribution is -0.141. The van der Waals surface area contributed by atoms with Crippen LogP contribution in [-0.2, 0) is 9.59 Å². The van der Waals surface area contributed by atoms with Crippen molar-refractivity contribution < 1.29 is 24.2 Å². The van der Waals surface area contributed by atoms with Crippen molar-refractivity contribution in [1.82, 2.24) is 4.90 Å². The fourth-order valence-electron chi connectivity index (χ4n) is 2.82. The van der Waals surface area contributed by atoms with Crippen LogP contribution in [0.3, 0.4) is 0 Å². The number of hydrogen-bond donors (Lipinski definition) is 1. The first-order valence-corrected chi connectivity index (χ1v) is 8.10. The van der Waals surface area contributed by atoms with Crippen molar-refractivity contribution in [2.45, 2.75) is 6.42 Å². The number of aliphatic carboxylic acids is 1. The second-order valence-electron chi connectivity index (χ2n) is 5.27. The predicted octanol–water partition coefficient (Wildman–Crippen LogP) is 1.77. The van der Waals surface area contributed by atoms with Crippen molar-refractivity contribution in [3.8, 4) is 5.75 Å². The molecule has 0 radical (unpaired) electrons. The van der Waals surface area contributed by atoms with Crippen molar-refractivity contribution in [1.29, 1.82) is 0 Å². The van der Waals surface area contributed by atoms with Crippen LogP contribution in [0.15, 0.2) is 34.9 Å². The Balaban J connectivity index is 1.98. The van der Waals surface area contributed by atoms with Gasteiger partial charge in [0, 0.05) is 23.4 Å². The lowest BCUT2D eigenvalue weighted by Gasteiger charge is -2.12. The fourth-order valence-corrected chi connectivity index (χ4v) is 4.02. The van der Waals surface area contributed by atoms with Crippen molar-refractivity contribution in [3.05, 3.63) is 40.4 Å². The van der Waals surface area contributed by atoms with Gasteiger partial charge >= 0.3 is 5.97 Å². The van der Waals surface area contributed by atoms with Gasteiger partial charge in [-0.15, -0.1) is 11.8 Å². The molecule has 120 valence electrons. The molecule has 7 heteroatoms. The highest BCUT2D eigenvalue weighted by atomic mass is 32.2. The fraction of sp³-hybridized carbons (Fsp3) is 0.312. The summed E-state index contributed by atoms with van der Waals surface area (Å²) >= 11 is 1.43. The molecule has 23 heavy (non-hydrogen) atoms. The number of carbonyl (C=O) groups is 3. The minimum atomic E-state index is -1.09. The number of thioether (sulfide) groups is 1. The van der Waals surface area contributed by atoms with E-state index < -0.39 is 11.9 Å². The zero-order valence-corrected chi connectivity index (χ0v) is 13.3. The normalized spacial score (nSPS) is 20.0. The number of rotatable bonds is 5. The molecule has 2 aliphatic rings. The summed E-state index contributed by atoms with van der Waals surface area (Å²) in [7, 11) is 1.53. The SMILES string of the molecule is COc1ccc(C(=O)C2=C3SCCN3C(=O)[C@@H]2CC(=O)O)cc1. The second kappa shape index (κ2) is 6.08. The molecule has 1 fully saturated rings. The van der Waals surface area contributed by atoms with Crippen LogP contribution < -0.4 is 4.74 Å². The summed E-state index contributed by atoms with van der Waals surface area (Å²) in [6.07, 6.45) is -0.364. The third-order valence-corrected chi connectivity index (χ3v) is 5.02. The van der Waals surface area contributed by atoms with E-state index >= 15 is 0 Å². The number of hydrogen-bond acceptors (Lipinski definition) is 5. The minimum absolute atomic E-state index is 0.288. The molecule has 0 bridgehead atoms.